The molecule has 0 radical (unpaired) electrons. The van der Waals surface area contributed by atoms with Crippen molar-refractivity contribution in [2.45, 2.75) is 39.5 Å². The lowest BCUT2D eigenvalue weighted by molar-refractivity contribution is 0.663. The van der Waals surface area contributed by atoms with Gasteiger partial charge in [-0.05, 0) is 154 Å². The second kappa shape index (κ2) is 15.1. The van der Waals surface area contributed by atoms with E-state index in [0.29, 0.717) is 11.8 Å². The first-order valence-corrected chi connectivity index (χ1v) is 23.3. The second-order valence-electron chi connectivity index (χ2n) is 18.5. The molecule has 3 aromatic heterocycles. The maximum atomic E-state index is 6.91. The van der Waals surface area contributed by atoms with Gasteiger partial charge in [0.05, 0.1) is 11.1 Å². The van der Waals surface area contributed by atoms with Crippen molar-refractivity contribution in [1.82, 2.24) is 0 Å². The molecule has 322 valence electrons. The molecule has 0 amide bonds. The zero-order valence-corrected chi connectivity index (χ0v) is 37.7. The lowest BCUT2D eigenvalue weighted by Gasteiger charge is -2.26. The molecule has 67 heavy (non-hydrogen) atoms. The van der Waals surface area contributed by atoms with Crippen LogP contribution in [0.1, 0.15) is 50.7 Å². The molecular weight excluding hydrogens is 821 g/mol. The van der Waals surface area contributed by atoms with E-state index in [-0.39, 0.29) is 0 Å². The van der Waals surface area contributed by atoms with Crippen molar-refractivity contribution in [1.29, 1.82) is 0 Å². The van der Waals surface area contributed by atoms with E-state index in [2.05, 4.69) is 219 Å². The Kier molecular flexibility index (Phi) is 8.84. The number of benzene rings is 10. The fourth-order valence-electron chi connectivity index (χ4n) is 10.2. The van der Waals surface area contributed by atoms with Crippen molar-refractivity contribution < 1.29 is 13.3 Å². The number of anilines is 6. The number of fused-ring (bicyclic) bond motifs is 12. The van der Waals surface area contributed by atoms with E-state index in [1.54, 1.807) is 0 Å². The van der Waals surface area contributed by atoms with Crippen molar-refractivity contribution >= 4 is 121 Å². The van der Waals surface area contributed by atoms with Gasteiger partial charge in [0.25, 0.3) is 0 Å². The monoisotopic (exact) mass is 866 g/mol. The predicted molar refractivity (Wildman–Crippen MR) is 281 cm³/mol. The molecular formula is C62H46N2O3. The molecule has 0 saturated heterocycles. The van der Waals surface area contributed by atoms with Gasteiger partial charge in [-0.2, -0.15) is 0 Å². The Morgan fingerprint density at radius 2 is 0.851 bits per heavy atom. The number of hydrogen-bond donors (Lipinski definition) is 0. The van der Waals surface area contributed by atoms with E-state index in [0.717, 1.165) is 121 Å². The molecule has 5 nitrogen and oxygen atoms in total. The van der Waals surface area contributed by atoms with Crippen LogP contribution in [-0.2, 0) is 0 Å². The maximum Gasteiger partial charge on any atom is 0.159 e. The van der Waals surface area contributed by atoms with E-state index in [4.69, 9.17) is 13.3 Å². The lowest BCUT2D eigenvalue weighted by Crippen LogP contribution is -2.10. The molecule has 0 fully saturated rings. The van der Waals surface area contributed by atoms with Crippen LogP contribution < -0.4 is 9.80 Å². The standard InChI is InChI=1S/C62H46N2O3/c1-37(2)39-17-23-46(24-18-39)63(47-25-19-40(20-26-47)38(3)4)48-27-21-42-34-54-59(36-43(42)31-48)65-57-30-29-52-53-33-41-22-28-49(32-44(41)35-58(53)67-62(52)60(54)57)64(45-11-6-5-7-12-45)55-15-10-14-51-50-13-8-9-16-56(50)66-61(51)55/h5-38H,1-4H3. The van der Waals surface area contributed by atoms with Crippen molar-refractivity contribution in [3.8, 4) is 0 Å². The topological polar surface area (TPSA) is 45.9 Å². The summed E-state index contributed by atoms with van der Waals surface area (Å²) in [6.07, 6.45) is 0. The summed E-state index contributed by atoms with van der Waals surface area (Å²) in [6, 6.07) is 69.6. The largest absolute Gasteiger partial charge is 0.456 e. The van der Waals surface area contributed by atoms with Gasteiger partial charge >= 0.3 is 0 Å². The highest BCUT2D eigenvalue weighted by Crippen LogP contribution is 2.46. The molecule has 13 rings (SSSR count). The van der Waals surface area contributed by atoms with Gasteiger partial charge in [0.1, 0.15) is 27.9 Å². The first-order valence-electron chi connectivity index (χ1n) is 23.3. The Labute approximate surface area is 387 Å². The summed E-state index contributed by atoms with van der Waals surface area (Å²) in [7, 11) is 0. The van der Waals surface area contributed by atoms with Gasteiger partial charge in [0, 0.05) is 55.4 Å². The Morgan fingerprint density at radius 1 is 0.313 bits per heavy atom. The smallest absolute Gasteiger partial charge is 0.159 e. The average Bonchev–Trinajstić information content (AvgIpc) is 4.04. The summed E-state index contributed by atoms with van der Waals surface area (Å²) in [6.45, 7) is 8.95. The Morgan fingerprint density at radius 3 is 1.52 bits per heavy atom. The second-order valence-corrected chi connectivity index (χ2v) is 18.5. The minimum Gasteiger partial charge on any atom is -0.456 e. The van der Waals surface area contributed by atoms with Gasteiger partial charge in [0.2, 0.25) is 0 Å². The molecule has 0 atom stereocenters. The molecule has 0 spiro atoms. The highest BCUT2D eigenvalue weighted by Gasteiger charge is 2.22. The zero-order chi connectivity index (χ0) is 44.9. The number of para-hydroxylation sites is 3. The number of rotatable bonds is 8. The van der Waals surface area contributed by atoms with Gasteiger partial charge in [-0.15, -0.1) is 0 Å². The third-order valence-corrected chi connectivity index (χ3v) is 13.7. The molecule has 0 bridgehead atoms. The third-order valence-electron chi connectivity index (χ3n) is 13.7. The van der Waals surface area contributed by atoms with Crippen LogP contribution in [0.5, 0.6) is 0 Å². The van der Waals surface area contributed by atoms with Crippen LogP contribution in [0.4, 0.5) is 34.1 Å². The summed E-state index contributed by atoms with van der Waals surface area (Å²) < 4.78 is 20.2. The average molecular weight is 867 g/mol. The summed E-state index contributed by atoms with van der Waals surface area (Å²) >= 11 is 0. The van der Waals surface area contributed by atoms with Crippen molar-refractivity contribution in [3.63, 3.8) is 0 Å². The lowest BCUT2D eigenvalue weighted by atomic mass is 10.0. The fourth-order valence-corrected chi connectivity index (χ4v) is 10.2. The molecule has 0 saturated carbocycles. The van der Waals surface area contributed by atoms with Crippen LogP contribution in [0.3, 0.4) is 0 Å². The van der Waals surface area contributed by atoms with Crippen molar-refractivity contribution in [3.05, 3.63) is 205 Å². The zero-order valence-electron chi connectivity index (χ0n) is 37.7. The molecule has 0 aliphatic carbocycles. The Balaban J connectivity index is 0.922. The maximum absolute atomic E-state index is 6.91. The molecule has 0 aliphatic heterocycles. The van der Waals surface area contributed by atoms with Gasteiger partial charge in [0.15, 0.2) is 5.58 Å². The Hall–Kier alpha value is -8.28. The van der Waals surface area contributed by atoms with Crippen LogP contribution in [0, 0.1) is 0 Å². The van der Waals surface area contributed by atoms with E-state index in [1.165, 1.54) is 11.1 Å². The molecule has 13 aromatic rings. The summed E-state index contributed by atoms with van der Waals surface area (Å²) in [5.41, 5.74) is 14.1. The SMILES string of the molecule is CC(C)c1ccc(N(c2ccc(C(C)C)cc2)c2ccc3cc4c(cc3c2)oc2ccc3c5cc6ccc(N(c7ccccc7)c7cccc8c7oc7ccccc78)cc6cc5oc3c24)cc1. The molecule has 10 aromatic carbocycles. The van der Waals surface area contributed by atoms with Gasteiger partial charge < -0.3 is 23.1 Å². The minimum atomic E-state index is 0.460. The van der Waals surface area contributed by atoms with E-state index >= 15 is 0 Å². The van der Waals surface area contributed by atoms with Crippen LogP contribution in [0.25, 0.3) is 87.4 Å². The van der Waals surface area contributed by atoms with Crippen LogP contribution in [0.15, 0.2) is 207 Å². The molecule has 0 N–H and O–H groups in total. The van der Waals surface area contributed by atoms with Crippen molar-refractivity contribution in [2.75, 3.05) is 9.80 Å². The van der Waals surface area contributed by atoms with Crippen molar-refractivity contribution in [2.24, 2.45) is 0 Å². The van der Waals surface area contributed by atoms with Crippen LogP contribution in [0.2, 0.25) is 0 Å². The van der Waals surface area contributed by atoms with Crippen LogP contribution >= 0.6 is 0 Å². The first kappa shape index (κ1) is 39.1. The summed E-state index contributed by atoms with van der Waals surface area (Å²) in [4.78, 5) is 4.63. The summed E-state index contributed by atoms with van der Waals surface area (Å²) in [5, 5.41) is 10.8. The molecule has 0 aliphatic rings. The molecule has 5 heteroatoms. The van der Waals surface area contributed by atoms with Gasteiger partial charge in [-0.1, -0.05) is 113 Å². The summed E-state index contributed by atoms with van der Waals surface area (Å²) in [5.74, 6) is 0.921. The number of hydrogen-bond acceptors (Lipinski definition) is 5. The normalized spacial score (nSPS) is 12.1. The predicted octanol–water partition coefficient (Wildman–Crippen LogP) is 18.9. The Bertz CT molecular complexity index is 3990. The highest BCUT2D eigenvalue weighted by atomic mass is 16.3. The molecule has 3 heterocycles. The van der Waals surface area contributed by atoms with E-state index in [9.17, 15) is 0 Å². The van der Waals surface area contributed by atoms with E-state index < -0.39 is 0 Å². The van der Waals surface area contributed by atoms with E-state index in [1.807, 2.05) is 12.1 Å². The highest BCUT2D eigenvalue weighted by molar-refractivity contribution is 6.24. The number of furan rings is 3. The van der Waals surface area contributed by atoms with Gasteiger partial charge in [-0.3, -0.25) is 0 Å². The first-order chi connectivity index (χ1) is 32.8. The van der Waals surface area contributed by atoms with Crippen LogP contribution in [-0.4, -0.2) is 0 Å². The quantitative estimate of drug-likeness (QED) is 0.152. The minimum absolute atomic E-state index is 0.460. The third kappa shape index (κ3) is 6.37. The molecule has 0 unspecified atom stereocenters. The fraction of sp³-hybridized carbons (Fsp3) is 0.0968. The number of nitrogens with zero attached hydrogens (tertiary/aromatic N) is 2. The van der Waals surface area contributed by atoms with Gasteiger partial charge in [-0.25, -0.2) is 0 Å².